The number of fused-ring (bicyclic) bond motifs is 1. The van der Waals surface area contributed by atoms with Gasteiger partial charge in [0, 0.05) is 11.8 Å². The van der Waals surface area contributed by atoms with Crippen molar-refractivity contribution in [1.82, 2.24) is 14.4 Å². The van der Waals surface area contributed by atoms with Crippen LogP contribution in [0.2, 0.25) is 0 Å². The highest BCUT2D eigenvalue weighted by Gasteiger charge is 2.57. The molecule has 4 N–H and O–H groups in total. The van der Waals surface area contributed by atoms with E-state index < -0.39 is 30.6 Å². The average molecular weight is 293 g/mol. The van der Waals surface area contributed by atoms with Gasteiger partial charge < -0.3 is 20.7 Å². The molecule has 0 aromatic carbocycles. The molecule has 1 aliphatic rings. The molecule has 2 aromatic rings. The minimum Gasteiger partial charge on any atom is -0.394 e. The van der Waals surface area contributed by atoms with E-state index in [0.717, 1.165) is 0 Å². The predicted molar refractivity (Wildman–Crippen MR) is 67.6 cm³/mol. The number of rotatable bonds is 2. The van der Waals surface area contributed by atoms with Crippen LogP contribution in [0.5, 0.6) is 0 Å². The topological polar surface area (TPSA) is 130 Å². The number of nitrogen functional groups attached to an aromatic ring is 1. The van der Waals surface area contributed by atoms with E-state index in [1.165, 1.54) is 23.0 Å². The third-order valence-corrected chi connectivity index (χ3v) is 3.61. The Hall–Kier alpha value is -2.28. The largest absolute Gasteiger partial charge is 0.394 e. The third-order valence-electron chi connectivity index (χ3n) is 3.61. The van der Waals surface area contributed by atoms with Crippen LogP contribution < -0.4 is 5.73 Å². The average Bonchev–Trinajstić information content (AvgIpc) is 3.02. The van der Waals surface area contributed by atoms with Gasteiger partial charge in [-0.15, -0.1) is 0 Å². The van der Waals surface area contributed by atoms with Gasteiger partial charge in [-0.2, -0.15) is 5.26 Å². The van der Waals surface area contributed by atoms with Gasteiger partial charge >= 0.3 is 0 Å². The number of alkyl halides is 1. The van der Waals surface area contributed by atoms with Crippen molar-refractivity contribution >= 4 is 11.6 Å². The molecule has 1 aliphatic heterocycles. The van der Waals surface area contributed by atoms with Gasteiger partial charge in [0.25, 0.3) is 0 Å². The van der Waals surface area contributed by atoms with Crippen molar-refractivity contribution < 1.29 is 19.3 Å². The summed E-state index contributed by atoms with van der Waals surface area (Å²) in [5.74, 6) is 0.118. The number of anilines is 1. The highest BCUT2D eigenvalue weighted by Crippen LogP contribution is 2.42. The molecule has 0 aliphatic carbocycles. The number of hydrogen-bond donors (Lipinski definition) is 3. The molecule has 0 saturated carbocycles. The number of aliphatic hydroxyl groups excluding tert-OH is 2. The number of aliphatic hydroxyl groups is 2. The normalized spacial score (nSPS) is 32.4. The fourth-order valence-electron chi connectivity index (χ4n) is 2.47. The van der Waals surface area contributed by atoms with Crippen LogP contribution >= 0.6 is 0 Å². The molecule has 0 radical (unpaired) electrons. The Morgan fingerprint density at radius 2 is 2.33 bits per heavy atom. The Labute approximate surface area is 118 Å². The summed E-state index contributed by atoms with van der Waals surface area (Å²) in [6.45, 7) is -0.597. The molecule has 21 heavy (non-hydrogen) atoms. The number of hydrogen-bond acceptors (Lipinski definition) is 7. The van der Waals surface area contributed by atoms with Crippen LogP contribution in [0.25, 0.3) is 5.65 Å². The van der Waals surface area contributed by atoms with Crippen molar-refractivity contribution in [1.29, 1.82) is 5.26 Å². The number of aromatic nitrogens is 3. The number of ether oxygens (including phenoxy) is 1. The smallest absolute Gasteiger partial charge is 0.215 e. The van der Waals surface area contributed by atoms with Crippen LogP contribution in [-0.2, 0) is 10.3 Å². The lowest BCUT2D eigenvalue weighted by Crippen LogP contribution is -2.36. The standard InChI is InChI=1S/C12H12FN5O3/c13-10-9(20)7(3-19)21-12(10,4-14)6-1-8-16-5-17-11(15)18(8)2-6/h1-2,5,7,9-10,19-20H,3H2,(H2,15,16,17). The molecule has 3 rings (SSSR count). The lowest BCUT2D eigenvalue weighted by atomic mass is 9.91. The number of nitriles is 1. The summed E-state index contributed by atoms with van der Waals surface area (Å²) >= 11 is 0. The Morgan fingerprint density at radius 3 is 2.90 bits per heavy atom. The predicted octanol–water partition coefficient (Wildman–Crippen LogP) is -0.880. The van der Waals surface area contributed by atoms with Crippen LogP contribution in [0.3, 0.4) is 0 Å². The van der Waals surface area contributed by atoms with Crippen molar-refractivity contribution in [2.24, 2.45) is 0 Å². The highest BCUT2D eigenvalue weighted by molar-refractivity contribution is 5.50. The van der Waals surface area contributed by atoms with Crippen LogP contribution in [0.1, 0.15) is 5.56 Å². The molecule has 110 valence electrons. The van der Waals surface area contributed by atoms with Gasteiger partial charge in [-0.05, 0) is 6.07 Å². The maximum Gasteiger partial charge on any atom is 0.215 e. The van der Waals surface area contributed by atoms with Gasteiger partial charge in [0.15, 0.2) is 6.17 Å². The molecule has 0 bridgehead atoms. The quantitative estimate of drug-likeness (QED) is 0.655. The van der Waals surface area contributed by atoms with E-state index in [1.807, 2.05) is 0 Å². The lowest BCUT2D eigenvalue weighted by molar-refractivity contribution is -0.0540. The van der Waals surface area contributed by atoms with Crippen LogP contribution in [0, 0.1) is 11.3 Å². The first kappa shape index (κ1) is 13.7. The van der Waals surface area contributed by atoms with Gasteiger partial charge in [0.1, 0.15) is 30.3 Å². The second-order valence-electron chi connectivity index (χ2n) is 4.77. The molecule has 4 atom stereocenters. The molecule has 9 heteroatoms. The van der Waals surface area contributed by atoms with Gasteiger partial charge in [0.2, 0.25) is 11.5 Å². The minimum atomic E-state index is -2.02. The Bertz CT molecular complexity index is 729. The Morgan fingerprint density at radius 1 is 1.57 bits per heavy atom. The molecular formula is C12H12FN5O3. The maximum absolute atomic E-state index is 14.4. The zero-order chi connectivity index (χ0) is 15.2. The molecule has 1 fully saturated rings. The first-order valence-corrected chi connectivity index (χ1v) is 6.14. The molecular weight excluding hydrogens is 281 g/mol. The molecule has 2 aromatic heterocycles. The van der Waals surface area contributed by atoms with Crippen molar-refractivity contribution in [2.45, 2.75) is 24.0 Å². The van der Waals surface area contributed by atoms with E-state index in [2.05, 4.69) is 9.97 Å². The van der Waals surface area contributed by atoms with Crippen molar-refractivity contribution in [3.8, 4) is 6.07 Å². The summed E-state index contributed by atoms with van der Waals surface area (Å²) in [5.41, 5.74) is 4.17. The van der Waals surface area contributed by atoms with Gasteiger partial charge in [-0.1, -0.05) is 0 Å². The fourth-order valence-corrected chi connectivity index (χ4v) is 2.47. The van der Waals surface area contributed by atoms with E-state index in [4.69, 9.17) is 15.6 Å². The van der Waals surface area contributed by atoms with Gasteiger partial charge in [0.05, 0.1) is 6.61 Å². The second kappa shape index (κ2) is 4.63. The van der Waals surface area contributed by atoms with Crippen molar-refractivity contribution in [3.63, 3.8) is 0 Å². The van der Waals surface area contributed by atoms with Crippen LogP contribution in [0.4, 0.5) is 10.3 Å². The van der Waals surface area contributed by atoms with Crippen LogP contribution in [0.15, 0.2) is 18.6 Å². The van der Waals surface area contributed by atoms with Gasteiger partial charge in [-0.25, -0.2) is 14.4 Å². The molecule has 4 unspecified atom stereocenters. The monoisotopic (exact) mass is 293 g/mol. The fraction of sp³-hybridized carbons (Fsp3) is 0.417. The minimum absolute atomic E-state index is 0.118. The maximum atomic E-state index is 14.4. The zero-order valence-corrected chi connectivity index (χ0v) is 10.7. The Kier molecular flexibility index (Phi) is 3.02. The molecule has 3 heterocycles. The van der Waals surface area contributed by atoms with E-state index >= 15 is 0 Å². The van der Waals surface area contributed by atoms with Crippen molar-refractivity contribution in [2.75, 3.05) is 12.3 Å². The number of nitrogens with two attached hydrogens (primary N) is 1. The summed E-state index contributed by atoms with van der Waals surface area (Å²) in [5, 5.41) is 28.2. The van der Waals surface area contributed by atoms with Crippen LogP contribution in [-0.4, -0.2) is 49.6 Å². The zero-order valence-electron chi connectivity index (χ0n) is 10.7. The SMILES string of the molecule is N#CC1(c2cc3ncnc(N)n3c2)OC(CO)C(O)C1F. The summed E-state index contributed by atoms with van der Waals surface area (Å²) in [6.07, 6.45) is -2.16. The van der Waals surface area contributed by atoms with E-state index in [1.54, 1.807) is 6.07 Å². The van der Waals surface area contributed by atoms with Crippen molar-refractivity contribution in [3.05, 3.63) is 24.2 Å². The summed E-state index contributed by atoms with van der Waals surface area (Å²) < 4.78 is 21.1. The van der Waals surface area contributed by atoms with E-state index in [9.17, 15) is 14.8 Å². The molecule has 8 nitrogen and oxygen atoms in total. The van der Waals surface area contributed by atoms with E-state index in [0.29, 0.717) is 5.65 Å². The second-order valence-corrected chi connectivity index (χ2v) is 4.77. The first-order chi connectivity index (χ1) is 10.0. The summed E-state index contributed by atoms with van der Waals surface area (Å²) in [6, 6.07) is 3.18. The Balaban J connectivity index is 2.15. The summed E-state index contributed by atoms with van der Waals surface area (Å²) in [7, 11) is 0. The van der Waals surface area contributed by atoms with E-state index in [-0.39, 0.29) is 11.5 Å². The third kappa shape index (κ3) is 1.77. The number of nitrogens with zero attached hydrogens (tertiary/aromatic N) is 4. The number of halogens is 1. The molecule has 0 amide bonds. The highest BCUT2D eigenvalue weighted by atomic mass is 19.1. The molecule has 1 saturated heterocycles. The summed E-state index contributed by atoms with van der Waals surface area (Å²) in [4.78, 5) is 7.74. The molecule has 0 spiro atoms. The van der Waals surface area contributed by atoms with Gasteiger partial charge in [-0.3, -0.25) is 4.40 Å². The first-order valence-electron chi connectivity index (χ1n) is 6.14. The lowest BCUT2D eigenvalue weighted by Gasteiger charge is -2.21.